The number of hydrogen-bond acceptors (Lipinski definition) is 6. The van der Waals surface area contributed by atoms with E-state index < -0.39 is 0 Å². The molecular formula is C12H17N5O2. The second-order valence-electron chi connectivity index (χ2n) is 4.72. The topological polar surface area (TPSA) is 85.0 Å². The Labute approximate surface area is 110 Å². The van der Waals surface area contributed by atoms with E-state index in [0.717, 1.165) is 29.9 Å². The summed E-state index contributed by atoms with van der Waals surface area (Å²) in [6.45, 7) is 4.18. The Morgan fingerprint density at radius 2 is 2.53 bits per heavy atom. The minimum absolute atomic E-state index is 0.161. The number of fused-ring (bicyclic) bond motifs is 1. The largest absolute Gasteiger partial charge is 0.379 e. The summed E-state index contributed by atoms with van der Waals surface area (Å²) >= 11 is 0. The van der Waals surface area contributed by atoms with E-state index in [1.165, 1.54) is 6.33 Å². The summed E-state index contributed by atoms with van der Waals surface area (Å²) in [5.41, 5.74) is 0.731. The molecule has 0 saturated carbocycles. The van der Waals surface area contributed by atoms with E-state index in [2.05, 4.69) is 32.4 Å². The summed E-state index contributed by atoms with van der Waals surface area (Å²) in [6.07, 6.45) is 4.44. The lowest BCUT2D eigenvalue weighted by Crippen LogP contribution is -2.26. The molecule has 19 heavy (non-hydrogen) atoms. The van der Waals surface area contributed by atoms with Crippen molar-refractivity contribution >= 4 is 16.9 Å². The Balaban J connectivity index is 1.59. The maximum Gasteiger partial charge on any atom is 0.160 e. The van der Waals surface area contributed by atoms with Gasteiger partial charge in [0.05, 0.1) is 30.9 Å². The molecule has 2 aromatic rings. The van der Waals surface area contributed by atoms with Crippen LogP contribution >= 0.6 is 0 Å². The fourth-order valence-corrected chi connectivity index (χ4v) is 2.08. The molecule has 1 aliphatic rings. The van der Waals surface area contributed by atoms with Crippen molar-refractivity contribution in [3.8, 4) is 0 Å². The van der Waals surface area contributed by atoms with Crippen LogP contribution in [0.3, 0.4) is 0 Å². The number of anilines is 1. The molecule has 1 saturated heterocycles. The summed E-state index contributed by atoms with van der Waals surface area (Å²) in [7, 11) is 0. The first-order valence-corrected chi connectivity index (χ1v) is 6.43. The van der Waals surface area contributed by atoms with Crippen molar-refractivity contribution in [2.24, 2.45) is 0 Å². The average Bonchev–Trinajstić information content (AvgIpc) is 3.08. The summed E-state index contributed by atoms with van der Waals surface area (Å²) < 4.78 is 11.1. The molecular weight excluding hydrogens is 246 g/mol. The molecule has 2 aromatic heterocycles. The summed E-state index contributed by atoms with van der Waals surface area (Å²) in [4.78, 5) is 8.34. The van der Waals surface area contributed by atoms with Gasteiger partial charge in [0.15, 0.2) is 5.65 Å². The monoisotopic (exact) mass is 263 g/mol. The van der Waals surface area contributed by atoms with Crippen molar-refractivity contribution in [1.29, 1.82) is 0 Å². The smallest absolute Gasteiger partial charge is 0.160 e. The maximum atomic E-state index is 5.78. The predicted molar refractivity (Wildman–Crippen MR) is 69.9 cm³/mol. The third-order valence-corrected chi connectivity index (χ3v) is 3.10. The van der Waals surface area contributed by atoms with E-state index in [4.69, 9.17) is 9.47 Å². The van der Waals surface area contributed by atoms with Crippen LogP contribution in [0.5, 0.6) is 0 Å². The second-order valence-corrected chi connectivity index (χ2v) is 4.72. The fraction of sp³-hybridized carbons (Fsp3) is 0.583. The minimum Gasteiger partial charge on any atom is -0.379 e. The van der Waals surface area contributed by atoms with Gasteiger partial charge >= 0.3 is 0 Å². The van der Waals surface area contributed by atoms with Crippen LogP contribution in [0, 0.1) is 0 Å². The first kappa shape index (κ1) is 12.3. The Hall–Kier alpha value is -1.73. The summed E-state index contributed by atoms with van der Waals surface area (Å²) in [5, 5.41) is 11.0. The van der Waals surface area contributed by atoms with Crippen LogP contribution in [0.25, 0.3) is 11.0 Å². The second kappa shape index (κ2) is 5.50. The van der Waals surface area contributed by atoms with Gasteiger partial charge in [0, 0.05) is 12.6 Å². The van der Waals surface area contributed by atoms with Crippen LogP contribution in [0.15, 0.2) is 12.5 Å². The highest BCUT2D eigenvalue weighted by atomic mass is 16.5. The zero-order valence-electron chi connectivity index (χ0n) is 10.8. The van der Waals surface area contributed by atoms with E-state index >= 15 is 0 Å². The lowest BCUT2D eigenvalue weighted by Gasteiger charge is -2.17. The highest BCUT2D eigenvalue weighted by Crippen LogP contribution is 2.17. The van der Waals surface area contributed by atoms with Crippen molar-refractivity contribution in [1.82, 2.24) is 20.2 Å². The van der Waals surface area contributed by atoms with Gasteiger partial charge in [0.1, 0.15) is 12.1 Å². The average molecular weight is 263 g/mol. The van der Waals surface area contributed by atoms with Crippen molar-refractivity contribution in [3.63, 3.8) is 0 Å². The number of aromatic amines is 1. The SMILES string of the molecule is CC(COC1CCOC1)Nc1ncnc2[nH]ncc12. The fourth-order valence-electron chi connectivity index (χ4n) is 2.08. The number of aromatic nitrogens is 4. The Bertz CT molecular complexity index is 538. The molecule has 3 heterocycles. The Kier molecular flexibility index (Phi) is 3.56. The molecule has 2 unspecified atom stereocenters. The van der Waals surface area contributed by atoms with Crippen LogP contribution in [0.4, 0.5) is 5.82 Å². The van der Waals surface area contributed by atoms with E-state index in [-0.39, 0.29) is 12.1 Å². The number of rotatable bonds is 5. The predicted octanol–water partition coefficient (Wildman–Crippen LogP) is 0.959. The van der Waals surface area contributed by atoms with Crippen LogP contribution in [-0.4, -0.2) is 52.1 Å². The highest BCUT2D eigenvalue weighted by molar-refractivity contribution is 5.85. The van der Waals surface area contributed by atoms with Gasteiger partial charge in [-0.25, -0.2) is 9.97 Å². The van der Waals surface area contributed by atoms with Gasteiger partial charge in [0.25, 0.3) is 0 Å². The molecule has 0 aromatic carbocycles. The number of ether oxygens (including phenoxy) is 2. The lowest BCUT2D eigenvalue weighted by atomic mass is 10.3. The van der Waals surface area contributed by atoms with E-state index in [9.17, 15) is 0 Å². The molecule has 102 valence electrons. The molecule has 0 aliphatic carbocycles. The zero-order chi connectivity index (χ0) is 13.1. The van der Waals surface area contributed by atoms with Crippen LogP contribution in [0.1, 0.15) is 13.3 Å². The third kappa shape index (κ3) is 2.82. The molecule has 2 N–H and O–H groups in total. The van der Waals surface area contributed by atoms with Crippen molar-refractivity contribution in [3.05, 3.63) is 12.5 Å². The molecule has 0 spiro atoms. The van der Waals surface area contributed by atoms with Crippen LogP contribution < -0.4 is 5.32 Å². The minimum atomic E-state index is 0.161. The first-order chi connectivity index (χ1) is 9.33. The lowest BCUT2D eigenvalue weighted by molar-refractivity contribution is 0.0395. The molecule has 3 rings (SSSR count). The van der Waals surface area contributed by atoms with E-state index in [1.807, 2.05) is 0 Å². The van der Waals surface area contributed by atoms with E-state index in [0.29, 0.717) is 13.2 Å². The molecule has 0 amide bonds. The molecule has 7 nitrogen and oxygen atoms in total. The highest BCUT2D eigenvalue weighted by Gasteiger charge is 2.17. The molecule has 0 radical (unpaired) electrons. The zero-order valence-corrected chi connectivity index (χ0v) is 10.8. The van der Waals surface area contributed by atoms with Gasteiger partial charge in [-0.1, -0.05) is 0 Å². The molecule has 1 aliphatic heterocycles. The van der Waals surface area contributed by atoms with Crippen molar-refractivity contribution in [2.75, 3.05) is 25.1 Å². The number of nitrogens with one attached hydrogen (secondary N) is 2. The normalized spacial score (nSPS) is 20.8. The quantitative estimate of drug-likeness (QED) is 0.835. The maximum absolute atomic E-state index is 5.78. The summed E-state index contributed by atoms with van der Waals surface area (Å²) in [6, 6.07) is 0.161. The molecule has 2 atom stereocenters. The van der Waals surface area contributed by atoms with Crippen molar-refractivity contribution in [2.45, 2.75) is 25.5 Å². The molecule has 7 heteroatoms. The van der Waals surface area contributed by atoms with Gasteiger partial charge in [-0.05, 0) is 13.3 Å². The first-order valence-electron chi connectivity index (χ1n) is 6.43. The number of H-pyrrole nitrogens is 1. The van der Waals surface area contributed by atoms with Crippen LogP contribution in [0.2, 0.25) is 0 Å². The molecule has 1 fully saturated rings. The van der Waals surface area contributed by atoms with Crippen LogP contribution in [-0.2, 0) is 9.47 Å². The molecule has 0 bridgehead atoms. The summed E-state index contributed by atoms with van der Waals surface area (Å²) in [5.74, 6) is 0.775. The van der Waals surface area contributed by atoms with Gasteiger partial charge in [-0.2, -0.15) is 5.10 Å². The van der Waals surface area contributed by atoms with Crippen molar-refractivity contribution < 1.29 is 9.47 Å². The van der Waals surface area contributed by atoms with Gasteiger partial charge < -0.3 is 14.8 Å². The third-order valence-electron chi connectivity index (χ3n) is 3.10. The van der Waals surface area contributed by atoms with Gasteiger partial charge in [0.2, 0.25) is 0 Å². The van der Waals surface area contributed by atoms with E-state index in [1.54, 1.807) is 6.20 Å². The standard InChI is InChI=1S/C12H17N5O2/c1-8(5-19-9-2-3-18-6-9)16-11-10-4-15-17-12(10)14-7-13-11/h4,7-9H,2-3,5-6H2,1H3,(H2,13,14,15,16,17). The Morgan fingerprint density at radius 3 is 3.37 bits per heavy atom. The van der Waals surface area contributed by atoms with Gasteiger partial charge in [-0.3, -0.25) is 5.10 Å². The number of nitrogens with zero attached hydrogens (tertiary/aromatic N) is 3. The number of hydrogen-bond donors (Lipinski definition) is 2. The Morgan fingerprint density at radius 1 is 1.58 bits per heavy atom. The van der Waals surface area contributed by atoms with Gasteiger partial charge in [-0.15, -0.1) is 0 Å².